The number of carbonyl (C=O) groups is 1. The topological polar surface area (TPSA) is 46.9 Å². The van der Waals surface area contributed by atoms with Crippen molar-refractivity contribution in [3.63, 3.8) is 0 Å². The first-order valence-electron chi connectivity index (χ1n) is 10.3. The summed E-state index contributed by atoms with van der Waals surface area (Å²) in [7, 11) is 0. The molecular formula is C23H28N3O2S+. The van der Waals surface area contributed by atoms with Crippen LogP contribution in [-0.2, 0) is 17.9 Å². The number of ether oxygens (including phenoxy) is 1. The summed E-state index contributed by atoms with van der Waals surface area (Å²) in [6.07, 6.45) is 0.206. The monoisotopic (exact) mass is 410 g/mol. The van der Waals surface area contributed by atoms with E-state index in [-0.39, 0.29) is 12.0 Å². The van der Waals surface area contributed by atoms with Gasteiger partial charge in [-0.2, -0.15) is 0 Å². The van der Waals surface area contributed by atoms with Crippen molar-refractivity contribution in [3.8, 4) is 0 Å². The maximum absolute atomic E-state index is 12.8. The molecule has 0 unspecified atom stereocenters. The van der Waals surface area contributed by atoms with Gasteiger partial charge in [-0.15, -0.1) is 11.3 Å². The Labute approximate surface area is 175 Å². The van der Waals surface area contributed by atoms with Gasteiger partial charge in [-0.05, 0) is 43.7 Å². The van der Waals surface area contributed by atoms with Crippen molar-refractivity contribution in [2.75, 3.05) is 26.2 Å². The van der Waals surface area contributed by atoms with E-state index in [1.54, 1.807) is 11.3 Å². The number of benzene rings is 2. The number of hydrogen-bond acceptors (Lipinski definition) is 4. The Kier molecular flexibility index (Phi) is 6.23. The zero-order valence-electron chi connectivity index (χ0n) is 17.1. The normalized spacial score (nSPS) is 15.3. The number of hydrogen-bond donors (Lipinski definition) is 1. The van der Waals surface area contributed by atoms with E-state index >= 15 is 0 Å². The van der Waals surface area contributed by atoms with Crippen molar-refractivity contribution < 1.29 is 14.4 Å². The summed E-state index contributed by atoms with van der Waals surface area (Å²) < 4.78 is 6.87. The van der Waals surface area contributed by atoms with Crippen LogP contribution in [-0.4, -0.2) is 48.1 Å². The minimum atomic E-state index is 0.125. The molecule has 5 nitrogen and oxygen atoms in total. The number of fused-ring (bicyclic) bond motifs is 1. The fourth-order valence-electron chi connectivity index (χ4n) is 3.60. The van der Waals surface area contributed by atoms with Gasteiger partial charge in [0.1, 0.15) is 11.6 Å². The highest BCUT2D eigenvalue weighted by Crippen LogP contribution is 2.20. The lowest BCUT2D eigenvalue weighted by atomic mass is 10.1. The number of nitrogens with zero attached hydrogens (tertiary/aromatic N) is 2. The van der Waals surface area contributed by atoms with Gasteiger partial charge in [0.15, 0.2) is 0 Å². The molecule has 0 radical (unpaired) electrons. The molecule has 1 aromatic heterocycles. The third kappa shape index (κ3) is 5.01. The SMILES string of the molecule is CC(C)OCc1ccc(C(=O)N2CC[NH+](Cc3nc4ccccc4s3)CC2)cc1. The van der Waals surface area contributed by atoms with Crippen LogP contribution in [0.2, 0.25) is 0 Å². The Balaban J connectivity index is 1.30. The number of nitrogens with one attached hydrogen (secondary N) is 1. The molecule has 1 N–H and O–H groups in total. The summed E-state index contributed by atoms with van der Waals surface area (Å²) in [5, 5.41) is 1.18. The van der Waals surface area contributed by atoms with Crippen LogP contribution in [0.4, 0.5) is 0 Å². The second kappa shape index (κ2) is 9.03. The van der Waals surface area contributed by atoms with Crippen LogP contribution in [0.1, 0.15) is 34.8 Å². The lowest BCUT2D eigenvalue weighted by molar-refractivity contribution is -0.917. The quantitative estimate of drug-likeness (QED) is 0.680. The highest BCUT2D eigenvalue weighted by atomic mass is 32.1. The Hall–Kier alpha value is -2.28. The van der Waals surface area contributed by atoms with Gasteiger partial charge in [0.05, 0.1) is 49.1 Å². The molecule has 0 bridgehead atoms. The first-order valence-corrected chi connectivity index (χ1v) is 11.1. The molecule has 1 aliphatic heterocycles. The Morgan fingerprint density at radius 1 is 1.14 bits per heavy atom. The Morgan fingerprint density at radius 2 is 1.86 bits per heavy atom. The second-order valence-electron chi connectivity index (χ2n) is 7.85. The summed E-state index contributed by atoms with van der Waals surface area (Å²) in [6.45, 7) is 9.07. The molecule has 4 rings (SSSR count). The molecule has 1 amide bonds. The van der Waals surface area contributed by atoms with Crippen LogP contribution in [0.15, 0.2) is 48.5 Å². The van der Waals surface area contributed by atoms with E-state index in [1.165, 1.54) is 14.6 Å². The summed E-state index contributed by atoms with van der Waals surface area (Å²) in [5.41, 5.74) is 2.94. The molecule has 1 fully saturated rings. The van der Waals surface area contributed by atoms with Gasteiger partial charge in [0.25, 0.3) is 5.91 Å². The van der Waals surface area contributed by atoms with E-state index in [0.717, 1.165) is 49.4 Å². The molecule has 0 saturated carbocycles. The van der Waals surface area contributed by atoms with E-state index in [2.05, 4.69) is 18.2 Å². The second-order valence-corrected chi connectivity index (χ2v) is 8.97. The van der Waals surface area contributed by atoms with E-state index in [0.29, 0.717) is 6.61 Å². The number of para-hydroxylation sites is 1. The molecule has 1 saturated heterocycles. The first kappa shape index (κ1) is 20.0. The first-order chi connectivity index (χ1) is 14.1. The third-order valence-electron chi connectivity index (χ3n) is 5.28. The highest BCUT2D eigenvalue weighted by Gasteiger charge is 2.25. The molecule has 152 valence electrons. The number of quaternary nitrogens is 1. The van der Waals surface area contributed by atoms with Gasteiger partial charge in [-0.3, -0.25) is 4.79 Å². The Bertz CT molecular complexity index is 927. The van der Waals surface area contributed by atoms with Crippen LogP contribution in [0.3, 0.4) is 0 Å². The summed E-state index contributed by atoms with van der Waals surface area (Å²) >= 11 is 1.78. The van der Waals surface area contributed by atoms with Gasteiger partial charge in [-0.25, -0.2) is 4.98 Å². The molecule has 6 heteroatoms. The minimum absolute atomic E-state index is 0.125. The molecule has 0 atom stereocenters. The van der Waals surface area contributed by atoms with E-state index in [4.69, 9.17) is 9.72 Å². The van der Waals surface area contributed by atoms with E-state index in [1.807, 2.05) is 49.1 Å². The molecule has 2 heterocycles. The average molecular weight is 411 g/mol. The number of thiazole rings is 1. The number of aromatic nitrogens is 1. The number of carbonyl (C=O) groups excluding carboxylic acids is 1. The number of piperazine rings is 1. The van der Waals surface area contributed by atoms with Crippen LogP contribution in [0.25, 0.3) is 10.2 Å². The smallest absolute Gasteiger partial charge is 0.254 e. The van der Waals surface area contributed by atoms with Gasteiger partial charge < -0.3 is 14.5 Å². The van der Waals surface area contributed by atoms with Crippen LogP contribution >= 0.6 is 11.3 Å². The van der Waals surface area contributed by atoms with Crippen LogP contribution in [0, 0.1) is 0 Å². The van der Waals surface area contributed by atoms with Crippen molar-refractivity contribution in [2.24, 2.45) is 0 Å². The van der Waals surface area contributed by atoms with Crippen molar-refractivity contribution in [2.45, 2.75) is 33.1 Å². The van der Waals surface area contributed by atoms with Gasteiger partial charge in [-0.1, -0.05) is 24.3 Å². The molecule has 3 aromatic rings. The van der Waals surface area contributed by atoms with Crippen molar-refractivity contribution in [1.82, 2.24) is 9.88 Å². The molecule has 0 aliphatic carbocycles. The van der Waals surface area contributed by atoms with E-state index in [9.17, 15) is 4.79 Å². The summed E-state index contributed by atoms with van der Waals surface area (Å²) in [5.74, 6) is 0.125. The Morgan fingerprint density at radius 3 is 2.55 bits per heavy atom. The zero-order valence-corrected chi connectivity index (χ0v) is 17.9. The molecular weight excluding hydrogens is 382 g/mol. The number of amides is 1. The fourth-order valence-corrected chi connectivity index (χ4v) is 4.64. The largest absolute Gasteiger partial charge is 0.374 e. The summed E-state index contributed by atoms with van der Waals surface area (Å²) in [6, 6.07) is 16.1. The lowest BCUT2D eigenvalue weighted by Gasteiger charge is -2.31. The fraction of sp³-hybridized carbons (Fsp3) is 0.391. The van der Waals surface area contributed by atoms with Crippen molar-refractivity contribution in [1.29, 1.82) is 0 Å². The maximum Gasteiger partial charge on any atom is 0.254 e. The molecule has 2 aromatic carbocycles. The third-order valence-corrected chi connectivity index (χ3v) is 6.32. The van der Waals surface area contributed by atoms with Gasteiger partial charge in [0, 0.05) is 5.56 Å². The minimum Gasteiger partial charge on any atom is -0.374 e. The molecule has 1 aliphatic rings. The van der Waals surface area contributed by atoms with Crippen molar-refractivity contribution >= 4 is 27.5 Å². The lowest BCUT2D eigenvalue weighted by Crippen LogP contribution is -3.13. The van der Waals surface area contributed by atoms with Crippen LogP contribution < -0.4 is 4.90 Å². The van der Waals surface area contributed by atoms with Gasteiger partial charge >= 0.3 is 0 Å². The standard InChI is InChI=1S/C23H27N3O2S/c1-17(2)28-16-18-7-9-19(10-8-18)23(27)26-13-11-25(12-14-26)15-22-24-20-5-3-4-6-21(20)29-22/h3-10,17H,11-16H2,1-2H3/p+1. The van der Waals surface area contributed by atoms with Crippen LogP contribution in [0.5, 0.6) is 0 Å². The highest BCUT2D eigenvalue weighted by molar-refractivity contribution is 7.18. The molecule has 29 heavy (non-hydrogen) atoms. The van der Waals surface area contributed by atoms with Crippen molar-refractivity contribution in [3.05, 3.63) is 64.7 Å². The zero-order chi connectivity index (χ0) is 20.2. The maximum atomic E-state index is 12.8. The summed E-state index contributed by atoms with van der Waals surface area (Å²) in [4.78, 5) is 21.1. The molecule has 0 spiro atoms. The van der Waals surface area contributed by atoms with Gasteiger partial charge in [0.2, 0.25) is 0 Å². The number of rotatable bonds is 6. The predicted octanol–water partition coefficient (Wildman–Crippen LogP) is 2.76. The average Bonchev–Trinajstić information content (AvgIpc) is 3.15. The predicted molar refractivity (Wildman–Crippen MR) is 116 cm³/mol. The van der Waals surface area contributed by atoms with E-state index < -0.39 is 0 Å².